The largest absolute Gasteiger partial charge is 0.396 e. The summed E-state index contributed by atoms with van der Waals surface area (Å²) >= 11 is 3.23. The number of nitrogen functional groups attached to an aromatic ring is 1. The van der Waals surface area contributed by atoms with Crippen LogP contribution in [-0.4, -0.2) is 5.33 Å². The molecule has 0 heterocycles. The monoisotopic (exact) mass is 261 g/mol. The van der Waals surface area contributed by atoms with Crippen molar-refractivity contribution in [2.24, 2.45) is 0 Å². The highest BCUT2D eigenvalue weighted by atomic mass is 79.9. The Labute approximate surface area is 89.7 Å². The van der Waals surface area contributed by atoms with Crippen LogP contribution in [-0.2, 0) is 0 Å². The summed E-state index contributed by atoms with van der Waals surface area (Å²) in [5.74, 6) is -1.10. The van der Waals surface area contributed by atoms with Crippen LogP contribution in [0.15, 0.2) is 18.2 Å². The Morgan fingerprint density at radius 2 is 2.00 bits per heavy atom. The number of rotatable bonds is 3. The summed E-state index contributed by atoms with van der Waals surface area (Å²) < 4.78 is 26.1. The summed E-state index contributed by atoms with van der Waals surface area (Å²) in [7, 11) is 0. The van der Waals surface area contributed by atoms with E-state index >= 15 is 0 Å². The van der Waals surface area contributed by atoms with Gasteiger partial charge in [-0.15, -0.1) is 0 Å². The third kappa shape index (κ3) is 2.80. The number of alkyl halides is 1. The molecule has 0 aliphatic carbocycles. The summed E-state index contributed by atoms with van der Waals surface area (Å²) in [5, 5.41) is 0.794. The highest BCUT2D eigenvalue weighted by Crippen LogP contribution is 2.17. The lowest BCUT2D eigenvalue weighted by Gasteiger charge is -2.00. The van der Waals surface area contributed by atoms with Crippen LogP contribution in [0.4, 0.5) is 14.5 Å². The molecule has 1 nitrogen and oxygen atoms in total. The number of hydrogen-bond acceptors (Lipinski definition) is 1. The Hall–Kier alpha value is -0.900. The van der Waals surface area contributed by atoms with Gasteiger partial charge in [-0.1, -0.05) is 28.1 Å². The van der Waals surface area contributed by atoms with Gasteiger partial charge in [-0.3, -0.25) is 0 Å². The van der Waals surface area contributed by atoms with E-state index in [-0.39, 0.29) is 11.3 Å². The highest BCUT2D eigenvalue weighted by molar-refractivity contribution is 9.09. The first-order chi connectivity index (χ1) is 6.65. The van der Waals surface area contributed by atoms with Crippen molar-refractivity contribution in [1.29, 1.82) is 0 Å². The smallest absolute Gasteiger partial charge is 0.146 e. The van der Waals surface area contributed by atoms with Crippen molar-refractivity contribution in [2.75, 3.05) is 11.1 Å². The topological polar surface area (TPSA) is 26.0 Å². The first kappa shape index (κ1) is 11.2. The normalized spacial score (nSPS) is 11.1. The van der Waals surface area contributed by atoms with Gasteiger partial charge in [0.2, 0.25) is 0 Å². The Morgan fingerprint density at radius 3 is 2.64 bits per heavy atom. The molecule has 0 bridgehead atoms. The molecule has 0 saturated carbocycles. The molecule has 1 aromatic rings. The molecule has 4 heteroatoms. The fourth-order valence-electron chi connectivity index (χ4n) is 0.979. The van der Waals surface area contributed by atoms with Gasteiger partial charge < -0.3 is 5.73 Å². The quantitative estimate of drug-likeness (QED) is 0.656. The molecular formula is C10H10BrF2N. The van der Waals surface area contributed by atoms with Crippen LogP contribution in [0.3, 0.4) is 0 Å². The Morgan fingerprint density at radius 1 is 1.29 bits per heavy atom. The van der Waals surface area contributed by atoms with Crippen LogP contribution < -0.4 is 5.73 Å². The zero-order valence-electron chi connectivity index (χ0n) is 7.43. The number of nitrogens with two attached hydrogens (primary N) is 1. The lowest BCUT2D eigenvalue weighted by Crippen LogP contribution is -1.93. The summed E-state index contributed by atoms with van der Waals surface area (Å²) in [5.41, 5.74) is 5.25. The van der Waals surface area contributed by atoms with Gasteiger partial charge in [0.25, 0.3) is 0 Å². The lowest BCUT2D eigenvalue weighted by molar-refractivity contribution is 0.602. The van der Waals surface area contributed by atoms with E-state index < -0.39 is 11.6 Å². The maximum atomic E-state index is 13.1. The van der Waals surface area contributed by atoms with Crippen LogP contribution in [0.25, 0.3) is 6.08 Å². The zero-order chi connectivity index (χ0) is 10.6. The number of halogens is 3. The van der Waals surface area contributed by atoms with Gasteiger partial charge in [0.05, 0.1) is 5.69 Å². The van der Waals surface area contributed by atoms with Crippen molar-refractivity contribution in [1.82, 2.24) is 0 Å². The van der Waals surface area contributed by atoms with Crippen molar-refractivity contribution in [3.63, 3.8) is 0 Å². The SMILES string of the molecule is Nc1cc(F)c(C=CCCBr)cc1F. The predicted octanol–water partition coefficient (Wildman–Crippen LogP) is 3.35. The Bertz CT molecular complexity index is 350. The third-order valence-corrected chi connectivity index (χ3v) is 2.15. The number of benzene rings is 1. The van der Waals surface area contributed by atoms with Crippen LogP contribution in [0.2, 0.25) is 0 Å². The third-order valence-electron chi connectivity index (χ3n) is 1.69. The maximum absolute atomic E-state index is 13.1. The fraction of sp³-hybridized carbons (Fsp3) is 0.200. The van der Waals surface area contributed by atoms with Crippen molar-refractivity contribution < 1.29 is 8.78 Å². The maximum Gasteiger partial charge on any atom is 0.146 e. The second kappa shape index (κ2) is 5.10. The Balaban J connectivity index is 2.92. The van der Waals surface area contributed by atoms with Crippen molar-refractivity contribution in [2.45, 2.75) is 6.42 Å². The van der Waals surface area contributed by atoms with Gasteiger partial charge >= 0.3 is 0 Å². The van der Waals surface area contributed by atoms with E-state index in [1.165, 1.54) is 0 Å². The molecule has 0 aliphatic heterocycles. The standard InChI is InChI=1S/C10H10BrF2N/c11-4-2-1-3-7-5-9(13)10(14)6-8(7)12/h1,3,5-6H,2,4,14H2. The molecule has 0 radical (unpaired) electrons. The van der Waals surface area contributed by atoms with E-state index in [9.17, 15) is 8.78 Å². The molecule has 0 spiro atoms. The van der Waals surface area contributed by atoms with Crippen LogP contribution in [0.5, 0.6) is 0 Å². The molecule has 14 heavy (non-hydrogen) atoms. The van der Waals surface area contributed by atoms with Gasteiger partial charge in [0, 0.05) is 17.0 Å². The minimum Gasteiger partial charge on any atom is -0.396 e. The summed E-state index contributed by atoms with van der Waals surface area (Å²) in [4.78, 5) is 0. The second-order valence-electron chi connectivity index (χ2n) is 2.78. The number of anilines is 1. The average molecular weight is 262 g/mol. The molecule has 0 aromatic heterocycles. The van der Waals surface area contributed by atoms with E-state index in [4.69, 9.17) is 5.73 Å². The van der Waals surface area contributed by atoms with Gasteiger partial charge in [0.1, 0.15) is 11.6 Å². The van der Waals surface area contributed by atoms with Crippen molar-refractivity contribution in [3.05, 3.63) is 35.4 Å². The molecule has 0 aliphatic rings. The fourth-order valence-corrected chi connectivity index (χ4v) is 1.24. The Kier molecular flexibility index (Phi) is 4.07. The molecule has 0 unspecified atom stereocenters. The molecule has 1 rings (SSSR count). The summed E-state index contributed by atoms with van der Waals surface area (Å²) in [6.45, 7) is 0. The van der Waals surface area contributed by atoms with E-state index in [0.29, 0.717) is 0 Å². The van der Waals surface area contributed by atoms with Crippen LogP contribution in [0.1, 0.15) is 12.0 Å². The van der Waals surface area contributed by atoms with E-state index in [1.807, 2.05) is 0 Å². The minimum absolute atomic E-state index is 0.167. The number of hydrogen-bond donors (Lipinski definition) is 1. The molecule has 0 amide bonds. The van der Waals surface area contributed by atoms with E-state index in [2.05, 4.69) is 15.9 Å². The lowest BCUT2D eigenvalue weighted by atomic mass is 10.1. The molecule has 0 atom stereocenters. The van der Waals surface area contributed by atoms with Gasteiger partial charge in [-0.2, -0.15) is 0 Å². The van der Waals surface area contributed by atoms with E-state index in [1.54, 1.807) is 12.2 Å². The van der Waals surface area contributed by atoms with Crippen LogP contribution >= 0.6 is 15.9 Å². The van der Waals surface area contributed by atoms with Crippen molar-refractivity contribution >= 4 is 27.7 Å². The molecular weight excluding hydrogens is 252 g/mol. The number of allylic oxidation sites excluding steroid dienone is 1. The van der Waals surface area contributed by atoms with Crippen molar-refractivity contribution in [3.8, 4) is 0 Å². The second-order valence-corrected chi connectivity index (χ2v) is 3.57. The van der Waals surface area contributed by atoms with Gasteiger partial charge in [0.15, 0.2) is 0 Å². The molecule has 2 N–H and O–H groups in total. The highest BCUT2D eigenvalue weighted by Gasteiger charge is 2.04. The first-order valence-electron chi connectivity index (χ1n) is 4.12. The van der Waals surface area contributed by atoms with E-state index in [0.717, 1.165) is 23.9 Å². The van der Waals surface area contributed by atoms with Crippen LogP contribution in [0, 0.1) is 11.6 Å². The minimum atomic E-state index is -0.593. The van der Waals surface area contributed by atoms with Gasteiger partial charge in [-0.25, -0.2) is 8.78 Å². The predicted molar refractivity (Wildman–Crippen MR) is 58.2 cm³/mol. The molecule has 0 saturated heterocycles. The first-order valence-corrected chi connectivity index (χ1v) is 5.24. The zero-order valence-corrected chi connectivity index (χ0v) is 9.02. The molecule has 0 fully saturated rings. The molecule has 76 valence electrons. The summed E-state index contributed by atoms with van der Waals surface area (Å²) in [6.07, 6.45) is 4.08. The van der Waals surface area contributed by atoms with Gasteiger partial charge in [-0.05, 0) is 12.5 Å². The molecule has 1 aromatic carbocycles. The average Bonchev–Trinajstić information content (AvgIpc) is 2.14. The summed E-state index contributed by atoms with van der Waals surface area (Å²) in [6, 6.07) is 2.08.